The van der Waals surface area contributed by atoms with E-state index in [0.717, 1.165) is 5.56 Å². The van der Waals surface area contributed by atoms with E-state index in [1.807, 2.05) is 0 Å². The van der Waals surface area contributed by atoms with Crippen molar-refractivity contribution in [1.82, 2.24) is 10.1 Å². The van der Waals surface area contributed by atoms with Crippen LogP contribution in [-0.4, -0.2) is 15.2 Å². The van der Waals surface area contributed by atoms with Crippen LogP contribution in [0.5, 0.6) is 5.75 Å². The molecule has 0 aliphatic rings. The Kier molecular flexibility index (Phi) is 3.17. The summed E-state index contributed by atoms with van der Waals surface area (Å²) >= 11 is 0. The quantitative estimate of drug-likeness (QED) is 0.776. The highest BCUT2D eigenvalue weighted by Crippen LogP contribution is 2.31. The number of aromatic hydroxyl groups is 1. The number of phenolic OH excluding ortho intramolecular Hbond substituents is 1. The van der Waals surface area contributed by atoms with Gasteiger partial charge < -0.3 is 9.63 Å². The summed E-state index contributed by atoms with van der Waals surface area (Å²) in [5.74, 6) is 0.236. The van der Waals surface area contributed by atoms with Crippen molar-refractivity contribution in [3.05, 3.63) is 53.3 Å². The molecule has 1 aromatic heterocycles. The van der Waals surface area contributed by atoms with Gasteiger partial charge in [-0.2, -0.15) is 4.98 Å². The van der Waals surface area contributed by atoms with Gasteiger partial charge in [-0.15, -0.1) is 0 Å². The fourth-order valence-corrected chi connectivity index (χ4v) is 2.15. The van der Waals surface area contributed by atoms with E-state index in [1.165, 1.54) is 12.1 Å². The molecule has 0 radical (unpaired) electrons. The van der Waals surface area contributed by atoms with Gasteiger partial charge in [-0.1, -0.05) is 17.3 Å². The Bertz CT molecular complexity index is 792. The number of benzene rings is 2. The number of halogens is 1. The summed E-state index contributed by atoms with van der Waals surface area (Å²) in [6.07, 6.45) is 0. The molecule has 0 spiro atoms. The van der Waals surface area contributed by atoms with E-state index in [-0.39, 0.29) is 23.3 Å². The van der Waals surface area contributed by atoms with Crippen LogP contribution in [0.1, 0.15) is 11.1 Å². The molecule has 0 saturated heterocycles. The Morgan fingerprint density at radius 3 is 2.71 bits per heavy atom. The molecule has 4 nitrogen and oxygen atoms in total. The van der Waals surface area contributed by atoms with Crippen molar-refractivity contribution in [2.75, 3.05) is 0 Å². The van der Waals surface area contributed by atoms with E-state index in [4.69, 9.17) is 4.52 Å². The summed E-state index contributed by atoms with van der Waals surface area (Å²) in [6, 6.07) is 9.81. The minimum absolute atomic E-state index is 0.100. The van der Waals surface area contributed by atoms with Gasteiger partial charge in [-0.05, 0) is 49.2 Å². The normalized spacial score (nSPS) is 10.8. The number of hydrogen-bond acceptors (Lipinski definition) is 4. The molecule has 0 unspecified atom stereocenters. The zero-order valence-electron chi connectivity index (χ0n) is 11.6. The lowest BCUT2D eigenvalue weighted by Gasteiger charge is -2.01. The van der Waals surface area contributed by atoms with E-state index in [2.05, 4.69) is 10.1 Å². The van der Waals surface area contributed by atoms with Gasteiger partial charge in [0.15, 0.2) is 0 Å². The van der Waals surface area contributed by atoms with E-state index >= 15 is 0 Å². The van der Waals surface area contributed by atoms with E-state index in [0.29, 0.717) is 16.7 Å². The summed E-state index contributed by atoms with van der Waals surface area (Å²) in [6.45, 7) is 3.58. The van der Waals surface area contributed by atoms with Gasteiger partial charge in [0.25, 0.3) is 5.89 Å². The highest BCUT2D eigenvalue weighted by Gasteiger charge is 2.15. The monoisotopic (exact) mass is 284 g/mol. The Hall–Kier alpha value is -2.69. The molecule has 0 bridgehead atoms. The third-order valence-corrected chi connectivity index (χ3v) is 3.19. The minimum Gasteiger partial charge on any atom is -0.507 e. The molecular weight excluding hydrogens is 271 g/mol. The van der Waals surface area contributed by atoms with Crippen LogP contribution in [0.25, 0.3) is 22.8 Å². The smallest absolute Gasteiger partial charge is 0.262 e. The van der Waals surface area contributed by atoms with E-state index in [9.17, 15) is 9.50 Å². The maximum Gasteiger partial charge on any atom is 0.262 e. The maximum atomic E-state index is 13.4. The van der Waals surface area contributed by atoms with Crippen molar-refractivity contribution in [3.63, 3.8) is 0 Å². The number of nitrogens with zero attached hydrogens (tertiary/aromatic N) is 2. The predicted molar refractivity (Wildman–Crippen MR) is 76.3 cm³/mol. The first kappa shape index (κ1) is 13.3. The van der Waals surface area contributed by atoms with E-state index in [1.54, 1.807) is 38.1 Å². The molecule has 0 amide bonds. The lowest BCUT2D eigenvalue weighted by Crippen LogP contribution is -1.86. The first-order chi connectivity index (χ1) is 10.0. The average Bonchev–Trinajstić information content (AvgIpc) is 2.90. The number of phenols is 1. The molecule has 0 atom stereocenters. The molecular formula is C16H13FN2O2. The van der Waals surface area contributed by atoms with Crippen LogP contribution < -0.4 is 0 Å². The van der Waals surface area contributed by atoms with Crippen molar-refractivity contribution < 1.29 is 14.0 Å². The summed E-state index contributed by atoms with van der Waals surface area (Å²) in [5, 5.41) is 13.9. The third-order valence-electron chi connectivity index (χ3n) is 3.19. The molecule has 106 valence electrons. The topological polar surface area (TPSA) is 59.2 Å². The van der Waals surface area contributed by atoms with Crippen LogP contribution in [-0.2, 0) is 0 Å². The second kappa shape index (κ2) is 5.01. The summed E-state index contributed by atoms with van der Waals surface area (Å²) in [7, 11) is 0. The van der Waals surface area contributed by atoms with Gasteiger partial charge in [0.1, 0.15) is 11.6 Å². The van der Waals surface area contributed by atoms with Crippen molar-refractivity contribution >= 4 is 0 Å². The fraction of sp³-hybridized carbons (Fsp3) is 0.125. The zero-order chi connectivity index (χ0) is 15.0. The summed E-state index contributed by atoms with van der Waals surface area (Å²) in [5.41, 5.74) is 2.49. The minimum atomic E-state index is -0.352. The molecule has 5 heteroatoms. The SMILES string of the molecule is Cc1cc(F)cc(-c2noc(-c3cccc(C)c3O)n2)c1. The van der Waals surface area contributed by atoms with Crippen LogP contribution in [0.4, 0.5) is 4.39 Å². The Morgan fingerprint density at radius 1 is 1.14 bits per heavy atom. The van der Waals surface area contributed by atoms with Crippen LogP contribution in [0.15, 0.2) is 40.9 Å². The lowest BCUT2D eigenvalue weighted by molar-refractivity contribution is 0.425. The summed E-state index contributed by atoms with van der Waals surface area (Å²) in [4.78, 5) is 4.23. The van der Waals surface area contributed by atoms with Crippen LogP contribution in [0.3, 0.4) is 0 Å². The van der Waals surface area contributed by atoms with Crippen LogP contribution in [0.2, 0.25) is 0 Å². The largest absolute Gasteiger partial charge is 0.507 e. The van der Waals surface area contributed by atoms with Crippen molar-refractivity contribution in [2.45, 2.75) is 13.8 Å². The van der Waals surface area contributed by atoms with Gasteiger partial charge in [0.05, 0.1) is 5.56 Å². The second-order valence-electron chi connectivity index (χ2n) is 4.91. The second-order valence-corrected chi connectivity index (χ2v) is 4.91. The molecule has 0 fully saturated rings. The van der Waals surface area contributed by atoms with Gasteiger partial charge in [-0.3, -0.25) is 0 Å². The highest BCUT2D eigenvalue weighted by atomic mass is 19.1. The van der Waals surface area contributed by atoms with Crippen molar-refractivity contribution in [1.29, 1.82) is 0 Å². The molecule has 21 heavy (non-hydrogen) atoms. The van der Waals surface area contributed by atoms with Gasteiger partial charge in [0.2, 0.25) is 5.82 Å². The molecule has 0 aliphatic carbocycles. The first-order valence-electron chi connectivity index (χ1n) is 6.45. The number of hydrogen-bond donors (Lipinski definition) is 1. The van der Waals surface area contributed by atoms with Crippen molar-refractivity contribution in [3.8, 4) is 28.6 Å². The highest BCUT2D eigenvalue weighted by molar-refractivity contribution is 5.66. The number of rotatable bonds is 2. The van der Waals surface area contributed by atoms with Gasteiger partial charge >= 0.3 is 0 Å². The maximum absolute atomic E-state index is 13.4. The first-order valence-corrected chi connectivity index (χ1v) is 6.45. The predicted octanol–water partition coefficient (Wildman–Crippen LogP) is 3.87. The Morgan fingerprint density at radius 2 is 1.95 bits per heavy atom. The van der Waals surface area contributed by atoms with Gasteiger partial charge in [-0.25, -0.2) is 4.39 Å². The zero-order valence-corrected chi connectivity index (χ0v) is 11.6. The molecule has 1 N–H and O–H groups in total. The molecule has 2 aromatic carbocycles. The molecule has 0 saturated carbocycles. The molecule has 3 aromatic rings. The molecule has 3 rings (SSSR count). The average molecular weight is 284 g/mol. The van der Waals surface area contributed by atoms with Crippen LogP contribution in [0, 0.1) is 19.7 Å². The van der Waals surface area contributed by atoms with Gasteiger partial charge in [0, 0.05) is 5.56 Å². The fourth-order valence-electron chi connectivity index (χ4n) is 2.15. The molecule has 0 aliphatic heterocycles. The van der Waals surface area contributed by atoms with E-state index < -0.39 is 0 Å². The number of para-hydroxylation sites is 1. The Labute approximate surface area is 120 Å². The lowest BCUT2D eigenvalue weighted by atomic mass is 10.1. The van der Waals surface area contributed by atoms with Crippen LogP contribution >= 0.6 is 0 Å². The van der Waals surface area contributed by atoms with Crippen molar-refractivity contribution in [2.24, 2.45) is 0 Å². The standard InChI is InChI=1S/C16H13FN2O2/c1-9-6-11(8-12(17)7-9)15-18-16(21-19-15)13-5-3-4-10(2)14(13)20/h3-8,20H,1-2H3. The number of aryl methyl sites for hydroxylation is 2. The molecule has 1 heterocycles. The Balaban J connectivity index is 2.06. The summed E-state index contributed by atoms with van der Waals surface area (Å²) < 4.78 is 18.6. The third kappa shape index (κ3) is 2.50. The number of aromatic nitrogens is 2.